The molecule has 0 radical (unpaired) electrons. The Hall–Kier alpha value is -1.45. The summed E-state index contributed by atoms with van der Waals surface area (Å²) in [6.07, 6.45) is 10.7. The second-order valence-electron chi connectivity index (χ2n) is 6.03. The fourth-order valence-electron chi connectivity index (χ4n) is 2.88. The van der Waals surface area contributed by atoms with Gasteiger partial charge in [0.2, 0.25) is 5.91 Å². The van der Waals surface area contributed by atoms with Crippen molar-refractivity contribution < 1.29 is 9.18 Å². The molecule has 0 unspecified atom stereocenters. The van der Waals surface area contributed by atoms with Crippen LogP contribution < -0.4 is 5.32 Å². The molecule has 1 amide bonds. The number of hydrogen-bond donors (Lipinski definition) is 1. The molecule has 1 heterocycles. The van der Waals surface area contributed by atoms with Crippen LogP contribution in [0.4, 0.5) is 4.39 Å². The highest BCUT2D eigenvalue weighted by Crippen LogP contribution is 2.26. The molecule has 1 aromatic heterocycles. The molecule has 0 bridgehead atoms. The lowest BCUT2D eigenvalue weighted by molar-refractivity contribution is -0.123. The van der Waals surface area contributed by atoms with Crippen molar-refractivity contribution in [3.63, 3.8) is 0 Å². The molecule has 1 aliphatic rings. The van der Waals surface area contributed by atoms with Crippen molar-refractivity contribution in [2.24, 2.45) is 0 Å². The van der Waals surface area contributed by atoms with Gasteiger partial charge in [0.25, 0.3) is 0 Å². The summed E-state index contributed by atoms with van der Waals surface area (Å²) in [5, 5.41) is 3.17. The average molecular weight is 278 g/mol. The second kappa shape index (κ2) is 6.82. The van der Waals surface area contributed by atoms with Gasteiger partial charge in [-0.2, -0.15) is 0 Å². The van der Waals surface area contributed by atoms with Gasteiger partial charge < -0.3 is 5.32 Å². The summed E-state index contributed by atoms with van der Waals surface area (Å²) in [5.74, 6) is -0.294. The maximum absolute atomic E-state index is 13.0. The van der Waals surface area contributed by atoms with Crippen LogP contribution in [0.1, 0.15) is 57.4 Å². The zero-order chi connectivity index (χ0) is 14.4. The summed E-state index contributed by atoms with van der Waals surface area (Å²) in [4.78, 5) is 15.9. The van der Waals surface area contributed by atoms with Crippen LogP contribution >= 0.6 is 0 Å². The van der Waals surface area contributed by atoms with Crippen LogP contribution in [0, 0.1) is 5.82 Å². The van der Waals surface area contributed by atoms with Crippen molar-refractivity contribution >= 4 is 5.91 Å². The fourth-order valence-corrected chi connectivity index (χ4v) is 2.88. The van der Waals surface area contributed by atoms with Gasteiger partial charge in [-0.15, -0.1) is 0 Å². The molecule has 0 saturated heterocycles. The normalized spacial score (nSPS) is 18.3. The number of amides is 1. The van der Waals surface area contributed by atoms with Crippen LogP contribution in [0.2, 0.25) is 0 Å². The molecule has 1 fully saturated rings. The summed E-state index contributed by atoms with van der Waals surface area (Å²) in [5.41, 5.74) is 0.708. The van der Waals surface area contributed by atoms with Crippen LogP contribution in [0.3, 0.4) is 0 Å². The Balaban J connectivity index is 1.82. The van der Waals surface area contributed by atoms with Crippen LogP contribution in [0.15, 0.2) is 18.5 Å². The summed E-state index contributed by atoms with van der Waals surface area (Å²) in [6.45, 7) is 2.14. The smallest absolute Gasteiger partial charge is 0.220 e. The number of halogens is 1. The molecular weight excluding hydrogens is 255 g/mol. The molecule has 20 heavy (non-hydrogen) atoms. The summed E-state index contributed by atoms with van der Waals surface area (Å²) in [7, 11) is 0. The molecule has 0 aromatic carbocycles. The van der Waals surface area contributed by atoms with Crippen LogP contribution in [0.25, 0.3) is 0 Å². The third-order valence-electron chi connectivity index (χ3n) is 4.05. The van der Waals surface area contributed by atoms with E-state index in [2.05, 4.69) is 17.2 Å². The second-order valence-corrected chi connectivity index (χ2v) is 6.03. The number of rotatable bonds is 4. The van der Waals surface area contributed by atoms with Gasteiger partial charge in [-0.1, -0.05) is 25.7 Å². The molecule has 0 atom stereocenters. The Bertz CT molecular complexity index is 454. The molecule has 1 N–H and O–H groups in total. The third-order valence-corrected chi connectivity index (χ3v) is 4.05. The summed E-state index contributed by atoms with van der Waals surface area (Å²) in [6, 6.07) is 1.44. The molecule has 0 spiro atoms. The lowest BCUT2D eigenvalue weighted by atomic mass is 9.92. The minimum absolute atomic E-state index is 0.0543. The lowest BCUT2D eigenvalue weighted by Crippen LogP contribution is -2.45. The highest BCUT2D eigenvalue weighted by molar-refractivity contribution is 5.77. The quantitative estimate of drug-likeness (QED) is 0.858. The lowest BCUT2D eigenvalue weighted by Gasteiger charge is -2.29. The van der Waals surface area contributed by atoms with E-state index in [0.29, 0.717) is 12.8 Å². The minimum Gasteiger partial charge on any atom is -0.351 e. The van der Waals surface area contributed by atoms with Gasteiger partial charge in [0.15, 0.2) is 0 Å². The maximum atomic E-state index is 13.0. The molecule has 1 aliphatic carbocycles. The van der Waals surface area contributed by atoms with Gasteiger partial charge in [-0.05, 0) is 37.8 Å². The number of nitrogens with one attached hydrogen (secondary N) is 1. The van der Waals surface area contributed by atoms with Crippen molar-refractivity contribution in [1.29, 1.82) is 0 Å². The number of aromatic nitrogens is 1. The maximum Gasteiger partial charge on any atom is 0.220 e. The molecule has 0 aliphatic heterocycles. The van der Waals surface area contributed by atoms with Crippen molar-refractivity contribution in [3.8, 4) is 0 Å². The first-order chi connectivity index (χ1) is 9.57. The zero-order valence-corrected chi connectivity index (χ0v) is 12.1. The van der Waals surface area contributed by atoms with E-state index in [0.717, 1.165) is 18.4 Å². The van der Waals surface area contributed by atoms with E-state index < -0.39 is 0 Å². The van der Waals surface area contributed by atoms with E-state index >= 15 is 0 Å². The molecule has 1 aromatic rings. The van der Waals surface area contributed by atoms with Crippen LogP contribution in [-0.4, -0.2) is 16.4 Å². The SMILES string of the molecule is CC1(NC(=O)CCc2cncc(F)c2)CCCCCC1. The summed E-state index contributed by atoms with van der Waals surface area (Å²) >= 11 is 0. The van der Waals surface area contributed by atoms with Gasteiger partial charge in [-0.25, -0.2) is 4.39 Å². The molecule has 4 heteroatoms. The van der Waals surface area contributed by atoms with Gasteiger partial charge in [0.05, 0.1) is 6.20 Å². The summed E-state index contributed by atoms with van der Waals surface area (Å²) < 4.78 is 13.0. The number of carbonyl (C=O) groups is 1. The van der Waals surface area contributed by atoms with E-state index in [-0.39, 0.29) is 17.3 Å². The van der Waals surface area contributed by atoms with Crippen molar-refractivity contribution in [2.75, 3.05) is 0 Å². The Morgan fingerprint density at radius 1 is 1.30 bits per heavy atom. The molecule has 1 saturated carbocycles. The Morgan fingerprint density at radius 2 is 2.00 bits per heavy atom. The number of nitrogens with zero attached hydrogens (tertiary/aromatic N) is 1. The first kappa shape index (κ1) is 14.9. The number of hydrogen-bond acceptors (Lipinski definition) is 2. The average Bonchev–Trinajstić information content (AvgIpc) is 2.61. The Labute approximate surface area is 120 Å². The van der Waals surface area contributed by atoms with E-state index in [4.69, 9.17) is 0 Å². The third kappa shape index (κ3) is 4.58. The van der Waals surface area contributed by atoms with Crippen molar-refractivity contribution in [1.82, 2.24) is 10.3 Å². The van der Waals surface area contributed by atoms with Crippen LogP contribution in [0.5, 0.6) is 0 Å². The van der Waals surface area contributed by atoms with Crippen LogP contribution in [-0.2, 0) is 11.2 Å². The topological polar surface area (TPSA) is 42.0 Å². The minimum atomic E-state index is -0.348. The highest BCUT2D eigenvalue weighted by Gasteiger charge is 2.26. The Kier molecular flexibility index (Phi) is 5.10. The largest absolute Gasteiger partial charge is 0.351 e. The van der Waals surface area contributed by atoms with Gasteiger partial charge in [-0.3, -0.25) is 9.78 Å². The van der Waals surface area contributed by atoms with Crippen molar-refractivity contribution in [2.45, 2.75) is 63.8 Å². The van der Waals surface area contributed by atoms with E-state index in [1.807, 2.05) is 0 Å². The standard InChI is InChI=1S/C16H23FN2O/c1-16(8-4-2-3-5-9-16)19-15(20)7-6-13-10-14(17)12-18-11-13/h10-12H,2-9H2,1H3,(H,19,20). The highest BCUT2D eigenvalue weighted by atomic mass is 19.1. The van der Waals surface area contributed by atoms with Crippen molar-refractivity contribution in [3.05, 3.63) is 29.8 Å². The number of pyridine rings is 1. The molecule has 110 valence electrons. The monoisotopic (exact) mass is 278 g/mol. The first-order valence-corrected chi connectivity index (χ1v) is 7.48. The van der Waals surface area contributed by atoms with E-state index in [9.17, 15) is 9.18 Å². The van der Waals surface area contributed by atoms with E-state index in [1.54, 1.807) is 6.20 Å². The van der Waals surface area contributed by atoms with Gasteiger partial charge in [0, 0.05) is 18.2 Å². The number of aryl methyl sites for hydroxylation is 1. The molecular formula is C16H23FN2O. The fraction of sp³-hybridized carbons (Fsp3) is 0.625. The van der Waals surface area contributed by atoms with Gasteiger partial charge >= 0.3 is 0 Å². The Morgan fingerprint density at radius 3 is 2.65 bits per heavy atom. The zero-order valence-electron chi connectivity index (χ0n) is 12.1. The molecule has 3 nitrogen and oxygen atoms in total. The number of carbonyl (C=O) groups excluding carboxylic acids is 1. The first-order valence-electron chi connectivity index (χ1n) is 7.48. The molecule has 2 rings (SSSR count). The predicted molar refractivity (Wildman–Crippen MR) is 76.8 cm³/mol. The van der Waals surface area contributed by atoms with Gasteiger partial charge in [0.1, 0.15) is 5.82 Å². The van der Waals surface area contributed by atoms with E-state index in [1.165, 1.54) is 37.9 Å². The predicted octanol–water partition coefficient (Wildman–Crippen LogP) is 3.38.